The predicted molar refractivity (Wildman–Crippen MR) is 66.6 cm³/mol. The molecule has 0 spiro atoms. The molecule has 17 heavy (non-hydrogen) atoms. The molecular formula is C12H17N3O2. The van der Waals surface area contributed by atoms with Crippen LogP contribution in [0.5, 0.6) is 0 Å². The molecule has 1 aromatic rings. The fraction of sp³-hybridized carbons (Fsp3) is 0.333. The monoisotopic (exact) mass is 235 g/mol. The number of carbonyl (C=O) groups excluding carboxylic acids is 2. The zero-order valence-corrected chi connectivity index (χ0v) is 10.0. The minimum Gasteiger partial charge on any atom is -0.398 e. The van der Waals surface area contributed by atoms with Gasteiger partial charge in [-0.25, -0.2) is 0 Å². The molecule has 0 aromatic heterocycles. The third kappa shape index (κ3) is 2.38. The van der Waals surface area contributed by atoms with Crippen molar-refractivity contribution in [3.63, 3.8) is 0 Å². The molecule has 0 aliphatic carbocycles. The molecule has 0 saturated heterocycles. The number of nitrogen functional groups attached to an aromatic ring is 1. The minimum atomic E-state index is -0.598. The van der Waals surface area contributed by atoms with Gasteiger partial charge < -0.3 is 17.2 Å². The Labute approximate surface area is 100.0 Å². The van der Waals surface area contributed by atoms with E-state index in [0.29, 0.717) is 23.1 Å². The number of benzene rings is 1. The molecule has 6 N–H and O–H groups in total. The summed E-state index contributed by atoms with van der Waals surface area (Å²) < 4.78 is 0. The van der Waals surface area contributed by atoms with Crippen molar-refractivity contribution in [1.82, 2.24) is 0 Å². The molecule has 5 nitrogen and oxygen atoms in total. The lowest BCUT2D eigenvalue weighted by atomic mass is 9.92. The molecular weight excluding hydrogens is 218 g/mol. The summed E-state index contributed by atoms with van der Waals surface area (Å²) >= 11 is 0. The van der Waals surface area contributed by atoms with E-state index in [2.05, 4.69) is 0 Å². The van der Waals surface area contributed by atoms with Gasteiger partial charge in [0.15, 0.2) is 0 Å². The minimum absolute atomic E-state index is 0.246. The number of hydrogen-bond donors (Lipinski definition) is 3. The van der Waals surface area contributed by atoms with E-state index in [1.54, 1.807) is 6.92 Å². The van der Waals surface area contributed by atoms with Gasteiger partial charge in [-0.1, -0.05) is 13.3 Å². The lowest BCUT2D eigenvalue weighted by molar-refractivity contribution is 0.0987. The van der Waals surface area contributed by atoms with Gasteiger partial charge in [-0.3, -0.25) is 9.59 Å². The number of nitrogens with two attached hydrogens (primary N) is 3. The highest BCUT2D eigenvalue weighted by molar-refractivity contribution is 6.04. The molecule has 2 amide bonds. The summed E-state index contributed by atoms with van der Waals surface area (Å²) in [5, 5.41) is 0. The molecule has 0 bridgehead atoms. The Bertz CT molecular complexity index is 481. The van der Waals surface area contributed by atoms with Crippen LogP contribution in [-0.4, -0.2) is 11.8 Å². The van der Waals surface area contributed by atoms with Crippen LogP contribution in [0.2, 0.25) is 0 Å². The van der Waals surface area contributed by atoms with Crippen molar-refractivity contribution in [3.8, 4) is 0 Å². The van der Waals surface area contributed by atoms with Gasteiger partial charge in [0, 0.05) is 11.3 Å². The maximum atomic E-state index is 11.4. The third-order valence-corrected chi connectivity index (χ3v) is 2.68. The Morgan fingerprint density at radius 1 is 1.24 bits per heavy atom. The van der Waals surface area contributed by atoms with Crippen LogP contribution < -0.4 is 17.2 Å². The highest BCUT2D eigenvalue weighted by Crippen LogP contribution is 2.26. The first-order valence-electron chi connectivity index (χ1n) is 5.41. The summed E-state index contributed by atoms with van der Waals surface area (Å²) in [6.45, 7) is 3.67. The van der Waals surface area contributed by atoms with E-state index in [-0.39, 0.29) is 11.3 Å². The number of aryl methyl sites for hydroxylation is 1. The van der Waals surface area contributed by atoms with Gasteiger partial charge in [0.1, 0.15) is 0 Å². The van der Waals surface area contributed by atoms with Crippen molar-refractivity contribution >= 4 is 17.5 Å². The van der Waals surface area contributed by atoms with E-state index in [4.69, 9.17) is 17.2 Å². The van der Waals surface area contributed by atoms with Crippen molar-refractivity contribution in [2.45, 2.75) is 26.7 Å². The first kappa shape index (κ1) is 13.0. The summed E-state index contributed by atoms with van der Waals surface area (Å²) in [6.07, 6.45) is 1.39. The zero-order valence-electron chi connectivity index (χ0n) is 10.0. The second kappa shape index (κ2) is 4.86. The van der Waals surface area contributed by atoms with Gasteiger partial charge in [0.05, 0.1) is 5.56 Å². The van der Waals surface area contributed by atoms with Crippen LogP contribution in [0.3, 0.4) is 0 Å². The van der Waals surface area contributed by atoms with Gasteiger partial charge >= 0.3 is 0 Å². The topological polar surface area (TPSA) is 112 Å². The van der Waals surface area contributed by atoms with Crippen molar-refractivity contribution in [1.29, 1.82) is 0 Å². The molecule has 92 valence electrons. The van der Waals surface area contributed by atoms with Crippen molar-refractivity contribution in [2.75, 3.05) is 5.73 Å². The first-order chi connectivity index (χ1) is 7.90. The number of anilines is 1. The second-order valence-electron chi connectivity index (χ2n) is 3.99. The Morgan fingerprint density at radius 3 is 2.24 bits per heavy atom. The van der Waals surface area contributed by atoms with Gasteiger partial charge in [-0.15, -0.1) is 0 Å². The summed E-state index contributed by atoms with van der Waals surface area (Å²) in [6, 6.07) is 1.51. The Kier molecular flexibility index (Phi) is 3.73. The van der Waals surface area contributed by atoms with Crippen LogP contribution in [0.1, 0.15) is 45.2 Å². The predicted octanol–water partition coefficient (Wildman–Crippen LogP) is 0.728. The van der Waals surface area contributed by atoms with E-state index < -0.39 is 11.8 Å². The van der Waals surface area contributed by atoms with Crippen LogP contribution in [0.15, 0.2) is 6.07 Å². The Balaban J connectivity index is 3.58. The molecule has 0 aliphatic rings. The molecule has 0 saturated carbocycles. The maximum absolute atomic E-state index is 11.4. The second-order valence-corrected chi connectivity index (χ2v) is 3.99. The molecule has 0 heterocycles. The van der Waals surface area contributed by atoms with Crippen LogP contribution >= 0.6 is 0 Å². The molecule has 0 unspecified atom stereocenters. The third-order valence-electron chi connectivity index (χ3n) is 2.68. The number of carbonyl (C=O) groups is 2. The standard InChI is InChI=1S/C12H17N3O2/c1-3-4-7-9(12(15)17)6(2)5-8(10(7)13)11(14)16/h5H,3-4,13H2,1-2H3,(H2,14,16)(H2,15,17). The zero-order chi connectivity index (χ0) is 13.2. The molecule has 5 heteroatoms. The fourth-order valence-electron chi connectivity index (χ4n) is 1.96. The summed E-state index contributed by atoms with van der Waals surface area (Å²) in [7, 11) is 0. The maximum Gasteiger partial charge on any atom is 0.250 e. The number of primary amides is 2. The highest BCUT2D eigenvalue weighted by Gasteiger charge is 2.19. The molecule has 0 fully saturated rings. The number of hydrogen-bond acceptors (Lipinski definition) is 3. The quantitative estimate of drug-likeness (QED) is 0.668. The van der Waals surface area contributed by atoms with Gasteiger partial charge in [-0.05, 0) is 30.5 Å². The molecule has 0 aliphatic heterocycles. The normalized spacial score (nSPS) is 10.2. The van der Waals surface area contributed by atoms with Crippen LogP contribution in [-0.2, 0) is 6.42 Å². The van der Waals surface area contributed by atoms with Crippen molar-refractivity contribution < 1.29 is 9.59 Å². The van der Waals surface area contributed by atoms with Gasteiger partial charge in [0.2, 0.25) is 5.91 Å². The smallest absolute Gasteiger partial charge is 0.250 e. The lowest BCUT2D eigenvalue weighted by Crippen LogP contribution is -2.21. The van der Waals surface area contributed by atoms with Crippen LogP contribution in [0.4, 0.5) is 5.69 Å². The van der Waals surface area contributed by atoms with Crippen molar-refractivity contribution in [2.24, 2.45) is 11.5 Å². The molecule has 0 radical (unpaired) electrons. The average molecular weight is 235 g/mol. The summed E-state index contributed by atoms with van der Waals surface area (Å²) in [5.74, 6) is -1.13. The van der Waals surface area contributed by atoms with E-state index >= 15 is 0 Å². The fourth-order valence-corrected chi connectivity index (χ4v) is 1.96. The highest BCUT2D eigenvalue weighted by atomic mass is 16.1. The van der Waals surface area contributed by atoms with Crippen LogP contribution in [0.25, 0.3) is 0 Å². The van der Waals surface area contributed by atoms with Gasteiger partial charge in [-0.2, -0.15) is 0 Å². The average Bonchev–Trinajstić information content (AvgIpc) is 2.22. The van der Waals surface area contributed by atoms with E-state index in [1.807, 2.05) is 6.92 Å². The van der Waals surface area contributed by atoms with Gasteiger partial charge in [0.25, 0.3) is 5.91 Å². The van der Waals surface area contributed by atoms with E-state index in [1.165, 1.54) is 6.07 Å². The van der Waals surface area contributed by atoms with Crippen molar-refractivity contribution in [3.05, 3.63) is 28.3 Å². The van der Waals surface area contributed by atoms with E-state index in [9.17, 15) is 9.59 Å². The lowest BCUT2D eigenvalue weighted by Gasteiger charge is -2.15. The SMILES string of the molecule is CCCc1c(N)c(C(N)=O)cc(C)c1C(N)=O. The Hall–Kier alpha value is -2.04. The summed E-state index contributed by atoms with van der Waals surface area (Å²) in [5.41, 5.74) is 18.6. The largest absolute Gasteiger partial charge is 0.398 e. The Morgan fingerprint density at radius 2 is 1.82 bits per heavy atom. The molecule has 1 rings (SSSR count). The number of amides is 2. The number of rotatable bonds is 4. The van der Waals surface area contributed by atoms with Crippen LogP contribution in [0, 0.1) is 6.92 Å². The first-order valence-corrected chi connectivity index (χ1v) is 5.41. The summed E-state index contributed by atoms with van der Waals surface area (Å²) in [4.78, 5) is 22.6. The molecule has 1 aromatic carbocycles. The van der Waals surface area contributed by atoms with E-state index in [0.717, 1.165) is 6.42 Å². The molecule has 0 atom stereocenters.